The first-order valence-electron chi connectivity index (χ1n) is 13.6. The third kappa shape index (κ3) is 4.62. The second-order valence-corrected chi connectivity index (χ2v) is 10.9. The Bertz CT molecular complexity index is 1400. The van der Waals surface area contributed by atoms with Gasteiger partial charge in [-0.05, 0) is 92.5 Å². The number of aromatic amines is 1. The number of fused-ring (bicyclic) bond motifs is 3. The Hall–Kier alpha value is -3.64. The van der Waals surface area contributed by atoms with Crippen LogP contribution in [0.15, 0.2) is 72.8 Å². The molecule has 3 unspecified atom stereocenters. The van der Waals surface area contributed by atoms with Crippen molar-refractivity contribution >= 4 is 16.8 Å². The van der Waals surface area contributed by atoms with Crippen molar-refractivity contribution in [3.63, 3.8) is 0 Å². The standard InChI is InChI=1S/C31H32N4O2/c36-31(33-29(20-6-7-20)19-4-2-1-3-5-19)22-10-15-28-27(16-22)30(35-34-28)21-8-13-25(14-9-21)37-26-17-23-11-12-24(18-26)32-23/h1-5,8-10,13-16,20,23-24,26,29,32H,6-7,11-12,17-18H2,(H,33,36)(H,34,35). The fourth-order valence-electron chi connectivity index (χ4n) is 6.15. The van der Waals surface area contributed by atoms with Crippen molar-refractivity contribution in [1.82, 2.24) is 20.8 Å². The summed E-state index contributed by atoms with van der Waals surface area (Å²) in [5.41, 5.74) is 4.58. The molecule has 2 aliphatic heterocycles. The van der Waals surface area contributed by atoms with Gasteiger partial charge in [-0.15, -0.1) is 0 Å². The molecule has 3 atom stereocenters. The Labute approximate surface area is 216 Å². The predicted octanol–water partition coefficient (Wildman–Crippen LogP) is 5.77. The molecule has 6 nitrogen and oxygen atoms in total. The third-order valence-corrected chi connectivity index (χ3v) is 8.22. The van der Waals surface area contributed by atoms with E-state index in [1.54, 1.807) is 0 Å². The smallest absolute Gasteiger partial charge is 0.251 e. The van der Waals surface area contributed by atoms with Gasteiger partial charge in [0.15, 0.2) is 0 Å². The molecule has 3 fully saturated rings. The molecule has 1 amide bonds. The zero-order valence-corrected chi connectivity index (χ0v) is 20.8. The van der Waals surface area contributed by atoms with Gasteiger partial charge in [0.2, 0.25) is 0 Å². The molecule has 0 radical (unpaired) electrons. The molecule has 1 saturated carbocycles. The lowest BCUT2D eigenvalue weighted by atomic mass is 10.0. The number of aromatic nitrogens is 2. The SMILES string of the molecule is O=C(NC(c1ccccc1)C1CC1)c1ccc2[nH]nc(-c3ccc(OC4CC5CCC(C4)N5)cc3)c2c1. The van der Waals surface area contributed by atoms with Gasteiger partial charge >= 0.3 is 0 Å². The summed E-state index contributed by atoms with van der Waals surface area (Å²) in [5, 5.41) is 15.6. The van der Waals surface area contributed by atoms with E-state index in [9.17, 15) is 4.79 Å². The maximum Gasteiger partial charge on any atom is 0.251 e. The Morgan fingerprint density at radius 3 is 2.41 bits per heavy atom. The van der Waals surface area contributed by atoms with Crippen LogP contribution in [0.4, 0.5) is 0 Å². The van der Waals surface area contributed by atoms with Crippen LogP contribution in [-0.2, 0) is 0 Å². The number of rotatable bonds is 7. The molecule has 1 aromatic heterocycles. The molecular formula is C31H32N4O2. The monoisotopic (exact) mass is 492 g/mol. The number of ether oxygens (including phenoxy) is 1. The molecule has 4 aromatic rings. The average Bonchev–Trinajstić information content (AvgIpc) is 3.60. The van der Waals surface area contributed by atoms with Crippen LogP contribution in [0.25, 0.3) is 22.2 Å². The molecular weight excluding hydrogens is 460 g/mol. The number of amides is 1. The molecule has 3 aliphatic rings. The van der Waals surface area contributed by atoms with Crippen LogP contribution in [-0.4, -0.2) is 34.3 Å². The number of benzene rings is 3. The van der Waals surface area contributed by atoms with E-state index in [4.69, 9.17) is 4.74 Å². The predicted molar refractivity (Wildman–Crippen MR) is 144 cm³/mol. The average molecular weight is 493 g/mol. The van der Waals surface area contributed by atoms with E-state index in [0.717, 1.165) is 53.6 Å². The molecule has 188 valence electrons. The summed E-state index contributed by atoms with van der Waals surface area (Å²) in [6.07, 6.45) is 7.30. The van der Waals surface area contributed by atoms with Gasteiger partial charge in [0.25, 0.3) is 5.91 Å². The first-order chi connectivity index (χ1) is 18.2. The van der Waals surface area contributed by atoms with E-state index in [0.29, 0.717) is 23.6 Å². The molecule has 1 aliphatic carbocycles. The molecule has 3 aromatic carbocycles. The van der Waals surface area contributed by atoms with Crippen LogP contribution in [0.5, 0.6) is 5.75 Å². The lowest BCUT2D eigenvalue weighted by Gasteiger charge is -2.29. The van der Waals surface area contributed by atoms with E-state index in [1.807, 2.05) is 48.5 Å². The van der Waals surface area contributed by atoms with Crippen LogP contribution in [0, 0.1) is 5.92 Å². The van der Waals surface area contributed by atoms with Crippen LogP contribution in [0.2, 0.25) is 0 Å². The number of piperidine rings is 1. The summed E-state index contributed by atoms with van der Waals surface area (Å²) in [6, 6.07) is 25.5. The fourth-order valence-corrected chi connectivity index (χ4v) is 6.15. The van der Waals surface area contributed by atoms with Crippen molar-refractivity contribution in [2.75, 3.05) is 0 Å². The van der Waals surface area contributed by atoms with Gasteiger partial charge in [-0.3, -0.25) is 9.89 Å². The molecule has 6 heteroatoms. The lowest BCUT2D eigenvalue weighted by molar-refractivity contribution is 0.0931. The Balaban J connectivity index is 1.09. The summed E-state index contributed by atoms with van der Waals surface area (Å²) in [4.78, 5) is 13.3. The Kier molecular flexibility index (Phi) is 5.69. The second-order valence-electron chi connectivity index (χ2n) is 10.9. The quantitative estimate of drug-likeness (QED) is 0.306. The van der Waals surface area contributed by atoms with Gasteiger partial charge in [0, 0.05) is 28.6 Å². The van der Waals surface area contributed by atoms with Crippen LogP contribution in [0.1, 0.15) is 60.5 Å². The zero-order valence-electron chi connectivity index (χ0n) is 20.8. The number of hydrogen-bond donors (Lipinski definition) is 3. The van der Waals surface area contributed by atoms with Crippen molar-refractivity contribution in [3.05, 3.63) is 83.9 Å². The van der Waals surface area contributed by atoms with Crippen molar-refractivity contribution in [2.24, 2.45) is 5.92 Å². The van der Waals surface area contributed by atoms with E-state index < -0.39 is 0 Å². The van der Waals surface area contributed by atoms with E-state index in [2.05, 4.69) is 45.1 Å². The normalized spacial score (nSPS) is 23.6. The molecule has 3 heterocycles. The van der Waals surface area contributed by atoms with E-state index in [-0.39, 0.29) is 18.1 Å². The molecule has 3 N–H and O–H groups in total. The maximum atomic E-state index is 13.3. The highest BCUT2D eigenvalue weighted by Gasteiger charge is 2.35. The highest BCUT2D eigenvalue weighted by Crippen LogP contribution is 2.41. The van der Waals surface area contributed by atoms with Gasteiger partial charge in [-0.25, -0.2) is 0 Å². The van der Waals surface area contributed by atoms with Crippen LogP contribution < -0.4 is 15.4 Å². The molecule has 7 rings (SSSR count). The minimum absolute atomic E-state index is 0.0468. The van der Waals surface area contributed by atoms with Crippen LogP contribution >= 0.6 is 0 Å². The summed E-state index contributed by atoms with van der Waals surface area (Å²) in [6.45, 7) is 0. The summed E-state index contributed by atoms with van der Waals surface area (Å²) in [5.74, 6) is 1.37. The van der Waals surface area contributed by atoms with E-state index >= 15 is 0 Å². The number of nitrogens with zero attached hydrogens (tertiary/aromatic N) is 1. The van der Waals surface area contributed by atoms with Gasteiger partial charge in [-0.1, -0.05) is 30.3 Å². The van der Waals surface area contributed by atoms with Gasteiger partial charge in [-0.2, -0.15) is 5.10 Å². The van der Waals surface area contributed by atoms with Crippen molar-refractivity contribution in [1.29, 1.82) is 0 Å². The molecule has 2 saturated heterocycles. The first kappa shape index (κ1) is 22.5. The van der Waals surface area contributed by atoms with E-state index in [1.165, 1.54) is 18.4 Å². The number of nitrogens with one attached hydrogen (secondary N) is 3. The highest BCUT2D eigenvalue weighted by molar-refractivity contribution is 6.01. The van der Waals surface area contributed by atoms with Crippen molar-refractivity contribution in [2.45, 2.75) is 62.8 Å². The molecule has 0 spiro atoms. The van der Waals surface area contributed by atoms with Gasteiger partial charge < -0.3 is 15.4 Å². The maximum absolute atomic E-state index is 13.3. The number of hydrogen-bond acceptors (Lipinski definition) is 4. The van der Waals surface area contributed by atoms with Crippen LogP contribution in [0.3, 0.4) is 0 Å². The zero-order chi connectivity index (χ0) is 24.8. The highest BCUT2D eigenvalue weighted by atomic mass is 16.5. The topological polar surface area (TPSA) is 79.0 Å². The largest absolute Gasteiger partial charge is 0.490 e. The number of carbonyl (C=O) groups is 1. The van der Waals surface area contributed by atoms with Crippen molar-refractivity contribution in [3.8, 4) is 17.0 Å². The minimum Gasteiger partial charge on any atom is -0.490 e. The first-order valence-corrected chi connectivity index (χ1v) is 13.6. The lowest BCUT2D eigenvalue weighted by Crippen LogP contribution is -2.42. The summed E-state index contributed by atoms with van der Waals surface area (Å²) >= 11 is 0. The van der Waals surface area contributed by atoms with Crippen molar-refractivity contribution < 1.29 is 9.53 Å². The Morgan fingerprint density at radius 2 is 1.68 bits per heavy atom. The summed E-state index contributed by atoms with van der Waals surface area (Å²) < 4.78 is 6.32. The van der Waals surface area contributed by atoms with Gasteiger partial charge in [0.05, 0.1) is 17.3 Å². The molecule has 37 heavy (non-hydrogen) atoms. The number of H-pyrrole nitrogens is 1. The third-order valence-electron chi connectivity index (χ3n) is 8.22. The minimum atomic E-state index is -0.0468. The second kappa shape index (κ2) is 9.34. The van der Waals surface area contributed by atoms with Gasteiger partial charge in [0.1, 0.15) is 11.9 Å². The number of carbonyl (C=O) groups excluding carboxylic acids is 1. The fraction of sp³-hybridized carbons (Fsp3) is 0.355. The molecule has 2 bridgehead atoms. The summed E-state index contributed by atoms with van der Waals surface area (Å²) in [7, 11) is 0. The Morgan fingerprint density at radius 1 is 0.919 bits per heavy atom.